The van der Waals surface area contributed by atoms with Crippen LogP contribution in [-0.2, 0) is 22.6 Å². The van der Waals surface area contributed by atoms with E-state index in [9.17, 15) is 24.5 Å². The number of hydrogen-bond donors (Lipinski definition) is 5. The van der Waals surface area contributed by atoms with Crippen molar-refractivity contribution in [1.82, 2.24) is 0 Å². The lowest BCUT2D eigenvalue weighted by molar-refractivity contribution is -0.384. The van der Waals surface area contributed by atoms with E-state index < -0.39 is 22.9 Å². The number of unbranched alkanes of at least 4 members (excludes halogenated alkanes) is 1. The Bertz CT molecular complexity index is 1150. The summed E-state index contributed by atoms with van der Waals surface area (Å²) in [6.45, 7) is 1.14. The van der Waals surface area contributed by atoms with Crippen LogP contribution in [0.2, 0.25) is 0 Å². The van der Waals surface area contributed by atoms with Crippen molar-refractivity contribution in [3.8, 4) is 5.75 Å². The van der Waals surface area contributed by atoms with Gasteiger partial charge in [0.2, 0.25) is 0 Å². The van der Waals surface area contributed by atoms with Crippen LogP contribution in [0.5, 0.6) is 5.75 Å². The van der Waals surface area contributed by atoms with Gasteiger partial charge in [0.15, 0.2) is 0 Å². The van der Waals surface area contributed by atoms with Gasteiger partial charge in [-0.2, -0.15) is 0 Å². The molecule has 1 unspecified atom stereocenters. The van der Waals surface area contributed by atoms with Crippen LogP contribution >= 0.6 is 0 Å². The molecular formula is C29H38N4O8. The molecule has 0 saturated heterocycles. The number of non-ortho nitro benzene ring substituents is 1. The minimum Gasteiger partial charge on any atom is -0.496 e. The molecule has 12 nitrogen and oxygen atoms in total. The van der Waals surface area contributed by atoms with Crippen molar-refractivity contribution in [1.29, 1.82) is 0 Å². The predicted molar refractivity (Wildman–Crippen MR) is 156 cm³/mol. The fourth-order valence-corrected chi connectivity index (χ4v) is 2.95. The van der Waals surface area contributed by atoms with Gasteiger partial charge in [0, 0.05) is 29.8 Å². The van der Waals surface area contributed by atoms with Gasteiger partial charge in [-0.25, -0.2) is 0 Å². The maximum Gasteiger partial charge on any atom is 0.320 e. The fourth-order valence-electron chi connectivity index (χ4n) is 2.95. The van der Waals surface area contributed by atoms with Gasteiger partial charge in [-0.05, 0) is 43.1 Å². The second-order valence-corrected chi connectivity index (χ2v) is 8.27. The lowest BCUT2D eigenvalue weighted by Gasteiger charge is -2.03. The predicted octanol–water partition coefficient (Wildman–Crippen LogP) is 3.40. The first-order valence-electron chi connectivity index (χ1n) is 12.5. The Kier molecular flexibility index (Phi) is 19.7. The zero-order valence-corrected chi connectivity index (χ0v) is 22.9. The van der Waals surface area contributed by atoms with E-state index in [1.807, 2.05) is 42.5 Å². The molecule has 0 aliphatic carbocycles. The van der Waals surface area contributed by atoms with Crippen molar-refractivity contribution in [2.45, 2.75) is 38.3 Å². The zero-order chi connectivity index (χ0) is 31.0. The molecule has 1 atom stereocenters. The van der Waals surface area contributed by atoms with Gasteiger partial charge < -0.3 is 32.2 Å². The van der Waals surface area contributed by atoms with E-state index in [0.29, 0.717) is 31.4 Å². The normalized spacial score (nSPS) is 10.1. The zero-order valence-electron chi connectivity index (χ0n) is 22.9. The average Bonchev–Trinajstić information content (AvgIpc) is 2.98. The molecule has 8 N–H and O–H groups in total. The monoisotopic (exact) mass is 570 g/mol. The van der Waals surface area contributed by atoms with Gasteiger partial charge in [0.25, 0.3) is 5.69 Å². The molecule has 0 aliphatic heterocycles. The van der Waals surface area contributed by atoms with Crippen LogP contribution in [0.4, 0.5) is 5.69 Å². The first kappa shape index (κ1) is 36.4. The Morgan fingerprint density at radius 3 is 1.98 bits per heavy atom. The van der Waals surface area contributed by atoms with Crippen LogP contribution in [0.1, 0.15) is 40.7 Å². The lowest BCUT2D eigenvalue weighted by Crippen LogP contribution is -2.29. The van der Waals surface area contributed by atoms with E-state index in [2.05, 4.69) is 0 Å². The van der Waals surface area contributed by atoms with Crippen LogP contribution < -0.4 is 21.9 Å². The minimum atomic E-state index is -0.933. The summed E-state index contributed by atoms with van der Waals surface area (Å²) in [7, 11) is 1.65. The summed E-state index contributed by atoms with van der Waals surface area (Å²) in [6.07, 6.45) is 2.92. The van der Waals surface area contributed by atoms with Gasteiger partial charge >= 0.3 is 11.9 Å². The highest BCUT2D eigenvalue weighted by Crippen LogP contribution is 2.15. The van der Waals surface area contributed by atoms with Crippen molar-refractivity contribution in [3.05, 3.63) is 106 Å². The molecule has 0 aromatic heterocycles. The quantitative estimate of drug-likeness (QED) is 0.0972. The van der Waals surface area contributed by atoms with E-state index in [1.165, 1.54) is 24.3 Å². The number of para-hydroxylation sites is 1. The Morgan fingerprint density at radius 1 is 0.951 bits per heavy atom. The number of rotatable bonds is 11. The third-order valence-electron chi connectivity index (χ3n) is 5.14. The van der Waals surface area contributed by atoms with Crippen LogP contribution in [-0.4, -0.2) is 53.1 Å². The van der Waals surface area contributed by atoms with Crippen LogP contribution in [0.25, 0.3) is 0 Å². The minimum absolute atomic E-state index is 0.00407. The summed E-state index contributed by atoms with van der Waals surface area (Å²) in [4.78, 5) is 40.0. The highest BCUT2D eigenvalue weighted by Gasteiger charge is 2.09. The summed E-state index contributed by atoms with van der Waals surface area (Å²) in [5.74, 6) is -0.853. The molecule has 0 heterocycles. The second kappa shape index (κ2) is 22.2. The summed E-state index contributed by atoms with van der Waals surface area (Å²) in [5.41, 5.74) is 18.2. The molecule has 0 saturated carbocycles. The Balaban J connectivity index is 0.000000521. The first-order valence-corrected chi connectivity index (χ1v) is 12.5. The number of carboxylic acid groups (broad SMARTS) is 2. The van der Waals surface area contributed by atoms with Gasteiger partial charge in [-0.15, -0.1) is 0 Å². The number of carboxylic acids is 2. The summed E-state index contributed by atoms with van der Waals surface area (Å²) in [6, 6.07) is 21.6. The molecule has 222 valence electrons. The molecule has 0 aliphatic rings. The molecule has 0 amide bonds. The Hall–Kier alpha value is -4.65. The highest BCUT2D eigenvalue weighted by atomic mass is 16.6. The molecule has 3 aromatic carbocycles. The van der Waals surface area contributed by atoms with Crippen molar-refractivity contribution >= 4 is 23.9 Å². The van der Waals surface area contributed by atoms with Gasteiger partial charge in [0.05, 0.1) is 18.5 Å². The lowest BCUT2D eigenvalue weighted by atomic mass is 10.1. The Morgan fingerprint density at radius 2 is 1.54 bits per heavy atom. The molecule has 0 fully saturated rings. The summed E-state index contributed by atoms with van der Waals surface area (Å²) >= 11 is 0. The van der Waals surface area contributed by atoms with Gasteiger partial charge in [0.1, 0.15) is 18.1 Å². The number of benzene rings is 3. The van der Waals surface area contributed by atoms with Crippen molar-refractivity contribution < 1.29 is 34.3 Å². The second-order valence-electron chi connectivity index (χ2n) is 8.27. The molecular weight excluding hydrogens is 532 g/mol. The van der Waals surface area contributed by atoms with Crippen LogP contribution in [0, 0.1) is 10.1 Å². The van der Waals surface area contributed by atoms with Crippen molar-refractivity contribution in [3.63, 3.8) is 0 Å². The largest absolute Gasteiger partial charge is 0.496 e. The number of aliphatic carboxylic acids is 2. The maximum absolute atomic E-state index is 10.2. The van der Waals surface area contributed by atoms with Gasteiger partial charge in [-0.3, -0.25) is 24.5 Å². The third-order valence-corrected chi connectivity index (χ3v) is 5.14. The number of aldehydes is 1. The van der Waals surface area contributed by atoms with E-state index in [-0.39, 0.29) is 12.1 Å². The standard InChI is InChI=1S/C8H11NO.C8H8O2.C7H5NO3.C6H14N2O2/c1-10-8-5-3-2-4-7(8)6-9;9-8(10)6-7-4-2-1-3-5-7;9-5-6-1-3-7(4-2-6)8(10)11;7-4-2-1-3-5(8)6(9)10/h2-5H,6,9H2,1H3;1-5H,6H2,(H,9,10);1-5H;5H,1-4,7-8H2,(H,9,10). The maximum atomic E-state index is 10.2. The molecule has 41 heavy (non-hydrogen) atoms. The number of nitrogens with two attached hydrogens (primary N) is 3. The van der Waals surface area contributed by atoms with Crippen molar-refractivity contribution in [2.75, 3.05) is 13.7 Å². The molecule has 12 heteroatoms. The van der Waals surface area contributed by atoms with E-state index >= 15 is 0 Å². The summed E-state index contributed by atoms with van der Waals surface area (Å²) < 4.78 is 5.06. The number of methoxy groups -OCH3 is 1. The number of nitro benzene ring substituents is 1. The van der Waals surface area contributed by atoms with Gasteiger partial charge in [-0.1, -0.05) is 55.0 Å². The van der Waals surface area contributed by atoms with E-state index in [1.54, 1.807) is 19.2 Å². The topological polar surface area (TPSA) is 222 Å². The average molecular weight is 571 g/mol. The number of hydrogen-bond acceptors (Lipinski definition) is 9. The molecule has 3 aromatic rings. The molecule has 0 spiro atoms. The van der Waals surface area contributed by atoms with E-state index in [0.717, 1.165) is 29.7 Å². The van der Waals surface area contributed by atoms with E-state index in [4.69, 9.17) is 32.2 Å². The fraction of sp³-hybridized carbons (Fsp3) is 0.276. The smallest absolute Gasteiger partial charge is 0.320 e. The number of ether oxygens (including phenoxy) is 1. The number of nitro groups is 1. The SMILES string of the molecule is COc1ccccc1CN.NCCCCC(N)C(=O)O.O=C(O)Cc1ccccc1.O=Cc1ccc([N+](=O)[O-])cc1. The third kappa shape index (κ3) is 17.5. The molecule has 3 rings (SSSR count). The highest BCUT2D eigenvalue weighted by molar-refractivity contribution is 5.75. The molecule has 0 radical (unpaired) electrons. The number of carbonyl (C=O) groups is 3. The van der Waals surface area contributed by atoms with Crippen LogP contribution in [0.15, 0.2) is 78.9 Å². The van der Waals surface area contributed by atoms with Crippen LogP contribution in [0.3, 0.4) is 0 Å². The summed E-state index contributed by atoms with van der Waals surface area (Å²) in [5, 5.41) is 26.8. The number of nitrogens with zero attached hydrogens (tertiary/aromatic N) is 1. The first-order chi connectivity index (χ1) is 19.6. The molecule has 0 bridgehead atoms. The Labute approximate surface area is 238 Å². The van der Waals surface area contributed by atoms with Crippen molar-refractivity contribution in [2.24, 2.45) is 17.2 Å². The number of carbonyl (C=O) groups excluding carboxylic acids is 1.